The Kier molecular flexibility index (Phi) is 6.99. The van der Waals surface area contributed by atoms with Crippen molar-refractivity contribution in [2.75, 3.05) is 26.7 Å². The molecule has 2 N–H and O–H groups in total. The molecule has 0 spiro atoms. The molecule has 1 heterocycles. The average molecular weight is 349 g/mol. The van der Waals surface area contributed by atoms with Gasteiger partial charge in [0.1, 0.15) is 0 Å². The third kappa shape index (κ3) is 5.76. The van der Waals surface area contributed by atoms with E-state index in [1.54, 1.807) is 18.4 Å². The van der Waals surface area contributed by atoms with Crippen molar-refractivity contribution in [3.63, 3.8) is 0 Å². The first-order chi connectivity index (χ1) is 11.5. The van der Waals surface area contributed by atoms with E-state index in [4.69, 9.17) is 4.74 Å². The molecule has 0 saturated carbocycles. The summed E-state index contributed by atoms with van der Waals surface area (Å²) >= 11 is 1.78. The van der Waals surface area contributed by atoms with Gasteiger partial charge in [0.15, 0.2) is 5.96 Å². The molecule has 24 heavy (non-hydrogen) atoms. The Morgan fingerprint density at radius 1 is 1.29 bits per heavy atom. The number of hydrogen-bond acceptors (Lipinski definition) is 4. The van der Waals surface area contributed by atoms with Crippen LogP contribution in [0.25, 0.3) is 10.2 Å². The molecule has 0 amide bonds. The van der Waals surface area contributed by atoms with Crippen molar-refractivity contribution in [3.8, 4) is 0 Å². The van der Waals surface area contributed by atoms with Crippen molar-refractivity contribution in [1.82, 2.24) is 15.6 Å². The third-order valence-electron chi connectivity index (χ3n) is 3.71. The monoisotopic (exact) mass is 348 g/mol. The van der Waals surface area contributed by atoms with Crippen molar-refractivity contribution in [1.29, 1.82) is 0 Å². The first-order valence-electron chi connectivity index (χ1n) is 8.46. The molecule has 132 valence electrons. The number of guanidine groups is 1. The molecule has 0 atom stereocenters. The van der Waals surface area contributed by atoms with Crippen LogP contribution in [0.5, 0.6) is 0 Å². The lowest BCUT2D eigenvalue weighted by molar-refractivity contribution is 0.0310. The van der Waals surface area contributed by atoms with Crippen LogP contribution in [-0.4, -0.2) is 43.3 Å². The Balaban J connectivity index is 1.80. The second-order valence-electron chi connectivity index (χ2n) is 6.26. The molecule has 0 bridgehead atoms. The lowest BCUT2D eigenvalue weighted by Crippen LogP contribution is -2.39. The smallest absolute Gasteiger partial charge is 0.191 e. The molecule has 0 unspecified atom stereocenters. The van der Waals surface area contributed by atoms with Crippen LogP contribution in [-0.2, 0) is 11.2 Å². The second kappa shape index (κ2) is 8.99. The SMILES string of the molecule is CCNC(=NCC(C)(C)OC)NCCCc1nc2ccccc2s1. The normalized spacial score (nSPS) is 12.6. The highest BCUT2D eigenvalue weighted by Gasteiger charge is 2.15. The summed E-state index contributed by atoms with van der Waals surface area (Å²) in [6.07, 6.45) is 2.01. The zero-order valence-electron chi connectivity index (χ0n) is 15.1. The van der Waals surface area contributed by atoms with E-state index in [9.17, 15) is 0 Å². The summed E-state index contributed by atoms with van der Waals surface area (Å²) in [6, 6.07) is 8.30. The van der Waals surface area contributed by atoms with Gasteiger partial charge in [0.25, 0.3) is 0 Å². The molecule has 6 heteroatoms. The highest BCUT2D eigenvalue weighted by molar-refractivity contribution is 7.18. The number of benzene rings is 1. The first-order valence-corrected chi connectivity index (χ1v) is 9.27. The summed E-state index contributed by atoms with van der Waals surface area (Å²) in [7, 11) is 1.72. The number of nitrogens with one attached hydrogen (secondary N) is 2. The fourth-order valence-corrected chi connectivity index (χ4v) is 3.16. The highest BCUT2D eigenvalue weighted by atomic mass is 32.1. The number of fused-ring (bicyclic) bond motifs is 1. The fraction of sp³-hybridized carbons (Fsp3) is 0.556. The molecule has 2 aromatic rings. The predicted molar refractivity (Wildman–Crippen MR) is 103 cm³/mol. The molecular formula is C18H28N4OS. The quantitative estimate of drug-likeness (QED) is 0.437. The average Bonchev–Trinajstić information content (AvgIpc) is 2.99. The first kappa shape index (κ1) is 18.7. The van der Waals surface area contributed by atoms with Crippen molar-refractivity contribution in [2.24, 2.45) is 4.99 Å². The Morgan fingerprint density at radius 3 is 2.79 bits per heavy atom. The van der Waals surface area contributed by atoms with Gasteiger partial charge in [-0.1, -0.05) is 12.1 Å². The second-order valence-corrected chi connectivity index (χ2v) is 7.38. The topological polar surface area (TPSA) is 58.5 Å². The van der Waals surface area contributed by atoms with Gasteiger partial charge in [-0.15, -0.1) is 11.3 Å². The van der Waals surface area contributed by atoms with Gasteiger partial charge in [-0.05, 0) is 39.3 Å². The Labute approximate surface area is 148 Å². The Morgan fingerprint density at radius 2 is 2.08 bits per heavy atom. The molecule has 0 fully saturated rings. The van der Waals surface area contributed by atoms with Crippen LogP contribution in [0, 0.1) is 0 Å². The van der Waals surface area contributed by atoms with Gasteiger partial charge in [0.05, 0.1) is 27.4 Å². The van der Waals surface area contributed by atoms with E-state index in [0.717, 1.165) is 37.4 Å². The maximum Gasteiger partial charge on any atom is 0.191 e. The van der Waals surface area contributed by atoms with E-state index < -0.39 is 0 Å². The molecular weight excluding hydrogens is 320 g/mol. The number of aliphatic imine (C=N–C) groups is 1. The summed E-state index contributed by atoms with van der Waals surface area (Å²) < 4.78 is 6.67. The van der Waals surface area contributed by atoms with Gasteiger partial charge in [0, 0.05) is 26.6 Å². The molecule has 0 saturated heterocycles. The summed E-state index contributed by atoms with van der Waals surface area (Å²) in [5, 5.41) is 7.85. The summed E-state index contributed by atoms with van der Waals surface area (Å²) in [5.74, 6) is 0.840. The number of rotatable bonds is 8. The van der Waals surface area contributed by atoms with Crippen LogP contribution in [0.1, 0.15) is 32.2 Å². The number of nitrogens with zero attached hydrogens (tertiary/aromatic N) is 2. The number of para-hydroxylation sites is 1. The lowest BCUT2D eigenvalue weighted by Gasteiger charge is -2.21. The highest BCUT2D eigenvalue weighted by Crippen LogP contribution is 2.22. The van der Waals surface area contributed by atoms with Crippen molar-refractivity contribution in [3.05, 3.63) is 29.3 Å². The molecule has 2 rings (SSSR count). The minimum absolute atomic E-state index is 0.247. The van der Waals surface area contributed by atoms with E-state index in [2.05, 4.69) is 45.7 Å². The summed E-state index contributed by atoms with van der Waals surface area (Å²) in [5.41, 5.74) is 0.853. The maximum absolute atomic E-state index is 5.41. The summed E-state index contributed by atoms with van der Waals surface area (Å²) in [4.78, 5) is 9.27. The Hall–Kier alpha value is -1.66. The number of aromatic nitrogens is 1. The van der Waals surface area contributed by atoms with Gasteiger partial charge >= 0.3 is 0 Å². The van der Waals surface area contributed by atoms with Crippen molar-refractivity contribution < 1.29 is 4.74 Å². The molecule has 0 aliphatic heterocycles. The van der Waals surface area contributed by atoms with Crippen LogP contribution in [0.15, 0.2) is 29.3 Å². The van der Waals surface area contributed by atoms with E-state index in [-0.39, 0.29) is 5.60 Å². The molecule has 0 aliphatic carbocycles. The minimum atomic E-state index is -0.247. The maximum atomic E-state index is 5.41. The number of hydrogen-bond donors (Lipinski definition) is 2. The zero-order chi connectivity index (χ0) is 17.4. The Bertz CT molecular complexity index is 633. The third-order valence-corrected chi connectivity index (χ3v) is 4.81. The van der Waals surface area contributed by atoms with Crippen LogP contribution in [0.4, 0.5) is 0 Å². The van der Waals surface area contributed by atoms with Crippen LogP contribution in [0.2, 0.25) is 0 Å². The van der Waals surface area contributed by atoms with E-state index >= 15 is 0 Å². The summed E-state index contributed by atoms with van der Waals surface area (Å²) in [6.45, 7) is 8.48. The van der Waals surface area contributed by atoms with Crippen LogP contribution >= 0.6 is 11.3 Å². The zero-order valence-corrected chi connectivity index (χ0v) is 15.9. The van der Waals surface area contributed by atoms with E-state index in [1.165, 1.54) is 9.71 Å². The van der Waals surface area contributed by atoms with Crippen molar-refractivity contribution >= 4 is 27.5 Å². The van der Waals surface area contributed by atoms with Gasteiger partial charge in [-0.25, -0.2) is 4.98 Å². The number of methoxy groups -OCH3 is 1. The molecule has 5 nitrogen and oxygen atoms in total. The van der Waals surface area contributed by atoms with Crippen LogP contribution < -0.4 is 10.6 Å². The molecule has 1 aromatic carbocycles. The lowest BCUT2D eigenvalue weighted by atomic mass is 10.1. The number of aryl methyl sites for hydroxylation is 1. The van der Waals surface area contributed by atoms with Gasteiger partial charge in [0.2, 0.25) is 0 Å². The number of ether oxygens (including phenoxy) is 1. The largest absolute Gasteiger partial charge is 0.377 e. The van der Waals surface area contributed by atoms with Crippen molar-refractivity contribution in [2.45, 2.75) is 39.2 Å². The van der Waals surface area contributed by atoms with E-state index in [0.29, 0.717) is 6.54 Å². The van der Waals surface area contributed by atoms with Gasteiger partial charge in [-0.2, -0.15) is 0 Å². The van der Waals surface area contributed by atoms with E-state index in [1.807, 2.05) is 19.9 Å². The molecule has 0 aliphatic rings. The van der Waals surface area contributed by atoms with Gasteiger partial charge < -0.3 is 15.4 Å². The minimum Gasteiger partial charge on any atom is -0.377 e. The van der Waals surface area contributed by atoms with Gasteiger partial charge in [-0.3, -0.25) is 4.99 Å². The standard InChI is InChI=1S/C18H28N4OS/c1-5-19-17(21-13-18(2,3)23-4)20-12-8-11-16-22-14-9-6-7-10-15(14)24-16/h6-7,9-10H,5,8,11-13H2,1-4H3,(H2,19,20,21). The predicted octanol–water partition coefficient (Wildman–Crippen LogP) is 3.21. The molecule has 0 radical (unpaired) electrons. The molecule has 1 aromatic heterocycles. The fourth-order valence-electron chi connectivity index (χ4n) is 2.15. The van der Waals surface area contributed by atoms with Crippen LogP contribution in [0.3, 0.4) is 0 Å². The number of thiazole rings is 1.